The summed E-state index contributed by atoms with van der Waals surface area (Å²) in [6.07, 6.45) is 0.637. The Morgan fingerprint density at radius 2 is 1.95 bits per heavy atom. The van der Waals surface area contributed by atoms with Crippen molar-refractivity contribution in [3.63, 3.8) is 0 Å². The number of carbonyl (C=O) groups excluding carboxylic acids is 1. The molecular weight excluding hydrogens is 273 g/mol. The standard InChI is InChI=1S/C16H12FNO3/c17-11-5-6-14(13(9-11)16(20)21)18-8-7-10-3-1-2-4-12(10)15(18)19/h1-6,9H,7-8H2,(H,20,21). The number of fused-ring (bicyclic) bond motifs is 1. The first-order valence-corrected chi connectivity index (χ1v) is 6.50. The maximum atomic E-state index is 13.2. The first-order valence-electron chi connectivity index (χ1n) is 6.50. The lowest BCUT2D eigenvalue weighted by Crippen LogP contribution is -2.38. The van der Waals surface area contributed by atoms with Gasteiger partial charge in [-0.1, -0.05) is 18.2 Å². The second kappa shape index (κ2) is 5.01. The molecule has 2 aromatic rings. The van der Waals surface area contributed by atoms with Crippen molar-refractivity contribution in [1.82, 2.24) is 0 Å². The molecule has 0 saturated carbocycles. The highest BCUT2D eigenvalue weighted by Gasteiger charge is 2.28. The number of rotatable bonds is 2. The van der Waals surface area contributed by atoms with Gasteiger partial charge in [-0.25, -0.2) is 9.18 Å². The van der Waals surface area contributed by atoms with Crippen LogP contribution in [-0.4, -0.2) is 23.5 Å². The number of hydrogen-bond acceptors (Lipinski definition) is 2. The number of anilines is 1. The van der Waals surface area contributed by atoms with E-state index in [1.54, 1.807) is 12.1 Å². The summed E-state index contributed by atoms with van der Waals surface area (Å²) in [6, 6.07) is 10.7. The van der Waals surface area contributed by atoms with Gasteiger partial charge in [0, 0.05) is 12.1 Å². The smallest absolute Gasteiger partial charge is 0.337 e. The molecule has 3 rings (SSSR count). The lowest BCUT2D eigenvalue weighted by molar-refractivity contribution is 0.0697. The molecule has 0 saturated heterocycles. The van der Waals surface area contributed by atoms with E-state index in [2.05, 4.69) is 0 Å². The van der Waals surface area contributed by atoms with Crippen LogP contribution in [0.2, 0.25) is 0 Å². The molecule has 1 heterocycles. The van der Waals surface area contributed by atoms with Crippen LogP contribution in [0.15, 0.2) is 42.5 Å². The largest absolute Gasteiger partial charge is 0.478 e. The normalized spacial score (nSPS) is 14.0. The van der Waals surface area contributed by atoms with Gasteiger partial charge in [0.05, 0.1) is 11.3 Å². The number of carboxylic acids is 1. The van der Waals surface area contributed by atoms with Crippen LogP contribution in [0.5, 0.6) is 0 Å². The summed E-state index contributed by atoms with van der Waals surface area (Å²) in [4.78, 5) is 25.2. The van der Waals surface area contributed by atoms with Crippen LogP contribution >= 0.6 is 0 Å². The highest BCUT2D eigenvalue weighted by atomic mass is 19.1. The molecular formula is C16H12FNO3. The highest BCUT2D eigenvalue weighted by molar-refractivity contribution is 6.11. The van der Waals surface area contributed by atoms with Crippen molar-refractivity contribution in [3.8, 4) is 0 Å². The zero-order valence-electron chi connectivity index (χ0n) is 11.0. The van der Waals surface area contributed by atoms with E-state index in [-0.39, 0.29) is 17.2 Å². The van der Waals surface area contributed by atoms with Crippen molar-refractivity contribution in [2.24, 2.45) is 0 Å². The zero-order valence-corrected chi connectivity index (χ0v) is 11.0. The molecule has 0 bridgehead atoms. The number of hydrogen-bond donors (Lipinski definition) is 1. The van der Waals surface area contributed by atoms with Gasteiger partial charge in [-0.05, 0) is 36.2 Å². The van der Waals surface area contributed by atoms with Gasteiger partial charge >= 0.3 is 5.97 Å². The summed E-state index contributed by atoms with van der Waals surface area (Å²) in [5.74, 6) is -2.15. The third-order valence-electron chi connectivity index (χ3n) is 3.58. The molecule has 106 valence electrons. The molecule has 0 radical (unpaired) electrons. The van der Waals surface area contributed by atoms with Crippen LogP contribution in [0.1, 0.15) is 26.3 Å². The Morgan fingerprint density at radius 3 is 2.71 bits per heavy atom. The van der Waals surface area contributed by atoms with E-state index < -0.39 is 11.8 Å². The summed E-state index contributed by atoms with van der Waals surface area (Å²) < 4.78 is 13.2. The van der Waals surface area contributed by atoms with E-state index in [4.69, 9.17) is 0 Å². The topological polar surface area (TPSA) is 57.6 Å². The van der Waals surface area contributed by atoms with Crippen molar-refractivity contribution in [2.45, 2.75) is 6.42 Å². The average Bonchev–Trinajstić information content (AvgIpc) is 2.48. The van der Waals surface area contributed by atoms with E-state index in [0.29, 0.717) is 18.5 Å². The molecule has 1 aliphatic rings. The van der Waals surface area contributed by atoms with Crippen molar-refractivity contribution in [1.29, 1.82) is 0 Å². The second-order valence-corrected chi connectivity index (χ2v) is 4.83. The van der Waals surface area contributed by atoms with Gasteiger partial charge in [-0.2, -0.15) is 0 Å². The van der Waals surface area contributed by atoms with E-state index >= 15 is 0 Å². The van der Waals surface area contributed by atoms with Crippen LogP contribution in [0.25, 0.3) is 0 Å². The summed E-state index contributed by atoms with van der Waals surface area (Å²) in [7, 11) is 0. The first-order chi connectivity index (χ1) is 10.1. The Hall–Kier alpha value is -2.69. The maximum absolute atomic E-state index is 13.2. The Bertz CT molecular complexity index is 742. The molecule has 1 N–H and O–H groups in total. The zero-order chi connectivity index (χ0) is 15.0. The van der Waals surface area contributed by atoms with Gasteiger partial charge in [0.25, 0.3) is 5.91 Å². The van der Waals surface area contributed by atoms with Crippen LogP contribution in [0.4, 0.5) is 10.1 Å². The monoisotopic (exact) mass is 285 g/mol. The predicted octanol–water partition coefficient (Wildman–Crippen LogP) is 2.73. The Morgan fingerprint density at radius 1 is 1.19 bits per heavy atom. The van der Waals surface area contributed by atoms with Crippen molar-refractivity contribution in [2.75, 3.05) is 11.4 Å². The van der Waals surface area contributed by atoms with Gasteiger partial charge in [-0.3, -0.25) is 4.79 Å². The number of amides is 1. The van der Waals surface area contributed by atoms with E-state index in [1.807, 2.05) is 12.1 Å². The van der Waals surface area contributed by atoms with Gasteiger partial charge in [0.15, 0.2) is 0 Å². The Labute approximate surface area is 120 Å². The fraction of sp³-hybridized carbons (Fsp3) is 0.125. The SMILES string of the molecule is O=C(O)c1cc(F)ccc1N1CCc2ccccc2C1=O. The predicted molar refractivity (Wildman–Crippen MR) is 75.2 cm³/mol. The fourth-order valence-electron chi connectivity index (χ4n) is 2.57. The number of carbonyl (C=O) groups is 2. The van der Waals surface area contributed by atoms with Gasteiger partial charge in [-0.15, -0.1) is 0 Å². The van der Waals surface area contributed by atoms with Crippen LogP contribution in [0, 0.1) is 5.82 Å². The molecule has 4 nitrogen and oxygen atoms in total. The molecule has 2 aromatic carbocycles. The third-order valence-corrected chi connectivity index (χ3v) is 3.58. The molecule has 0 atom stereocenters. The summed E-state index contributed by atoms with van der Waals surface area (Å²) >= 11 is 0. The third kappa shape index (κ3) is 2.27. The van der Waals surface area contributed by atoms with Crippen molar-refractivity contribution < 1.29 is 19.1 Å². The minimum absolute atomic E-state index is 0.206. The lowest BCUT2D eigenvalue weighted by atomic mass is 9.98. The first kappa shape index (κ1) is 13.3. The van der Waals surface area contributed by atoms with E-state index in [9.17, 15) is 19.1 Å². The van der Waals surface area contributed by atoms with Gasteiger partial charge in [0.2, 0.25) is 0 Å². The number of carboxylic acid groups (broad SMARTS) is 1. The number of benzene rings is 2. The number of halogens is 1. The van der Waals surface area contributed by atoms with Crippen LogP contribution in [-0.2, 0) is 6.42 Å². The molecule has 1 amide bonds. The molecule has 0 unspecified atom stereocenters. The second-order valence-electron chi connectivity index (χ2n) is 4.83. The molecule has 5 heteroatoms. The quantitative estimate of drug-likeness (QED) is 0.923. The summed E-state index contributed by atoms with van der Waals surface area (Å²) in [6.45, 7) is 0.377. The van der Waals surface area contributed by atoms with Crippen LogP contribution < -0.4 is 4.90 Å². The molecule has 0 aliphatic carbocycles. The van der Waals surface area contributed by atoms with Gasteiger partial charge < -0.3 is 10.0 Å². The molecule has 0 aromatic heterocycles. The molecule has 1 aliphatic heterocycles. The number of nitrogens with zero attached hydrogens (tertiary/aromatic N) is 1. The van der Waals surface area contributed by atoms with E-state index in [1.165, 1.54) is 11.0 Å². The van der Waals surface area contributed by atoms with E-state index in [0.717, 1.165) is 17.7 Å². The van der Waals surface area contributed by atoms with Gasteiger partial charge in [0.1, 0.15) is 5.82 Å². The van der Waals surface area contributed by atoms with Crippen molar-refractivity contribution in [3.05, 3.63) is 65.0 Å². The molecule has 0 fully saturated rings. The number of aromatic carboxylic acids is 1. The Balaban J connectivity index is 2.07. The minimum Gasteiger partial charge on any atom is -0.478 e. The Kier molecular flexibility index (Phi) is 3.17. The summed E-state index contributed by atoms with van der Waals surface area (Å²) in [5, 5.41) is 9.20. The fourth-order valence-corrected chi connectivity index (χ4v) is 2.57. The highest BCUT2D eigenvalue weighted by Crippen LogP contribution is 2.28. The van der Waals surface area contributed by atoms with Crippen LogP contribution in [0.3, 0.4) is 0 Å². The molecule has 0 spiro atoms. The average molecular weight is 285 g/mol. The maximum Gasteiger partial charge on any atom is 0.337 e. The lowest BCUT2D eigenvalue weighted by Gasteiger charge is -2.29. The minimum atomic E-state index is -1.25. The van der Waals surface area contributed by atoms with Crippen molar-refractivity contribution >= 4 is 17.6 Å². The summed E-state index contributed by atoms with van der Waals surface area (Å²) in [5.41, 5.74) is 1.52. The molecule has 21 heavy (non-hydrogen) atoms.